The second-order valence-corrected chi connectivity index (χ2v) is 7.28. The summed E-state index contributed by atoms with van der Waals surface area (Å²) in [6.07, 6.45) is 1.73. The molecule has 0 N–H and O–H groups in total. The van der Waals surface area contributed by atoms with Crippen molar-refractivity contribution in [3.8, 4) is 5.75 Å². The highest BCUT2D eigenvalue weighted by atomic mass is 32.2. The van der Waals surface area contributed by atoms with E-state index in [2.05, 4.69) is 29.2 Å². The molecule has 4 heteroatoms. The lowest BCUT2D eigenvalue weighted by Gasteiger charge is -2.20. The lowest BCUT2D eigenvalue weighted by Crippen LogP contribution is -2.17. The summed E-state index contributed by atoms with van der Waals surface area (Å²) in [6.45, 7) is 0.729. The Morgan fingerprint density at radius 2 is 1.67 bits per heavy atom. The Morgan fingerprint density at radius 3 is 2.41 bits per heavy atom. The third kappa shape index (κ3) is 3.76. The first-order chi connectivity index (χ1) is 13.2. The molecule has 0 aliphatic carbocycles. The maximum absolute atomic E-state index is 12.8. The van der Waals surface area contributed by atoms with Gasteiger partial charge >= 0.3 is 0 Å². The number of ether oxygens (including phenoxy) is 1. The third-order valence-corrected chi connectivity index (χ3v) is 5.56. The summed E-state index contributed by atoms with van der Waals surface area (Å²) in [5.41, 5.74) is 3.00. The number of methoxy groups -OCH3 is 1. The quantitative estimate of drug-likeness (QED) is 0.434. The van der Waals surface area contributed by atoms with E-state index in [9.17, 15) is 4.79 Å². The van der Waals surface area contributed by atoms with Crippen LogP contribution in [0.4, 0.5) is 5.69 Å². The fourth-order valence-corrected chi connectivity index (χ4v) is 4.13. The van der Waals surface area contributed by atoms with Gasteiger partial charge in [-0.25, -0.2) is 0 Å². The summed E-state index contributed by atoms with van der Waals surface area (Å²) in [4.78, 5) is 16.2. The molecule has 0 radical (unpaired) electrons. The van der Waals surface area contributed by atoms with E-state index >= 15 is 0 Å². The van der Waals surface area contributed by atoms with Crippen LogP contribution in [-0.2, 0) is 6.54 Å². The second-order valence-electron chi connectivity index (χ2n) is 6.22. The molecule has 0 unspecified atom stereocenters. The van der Waals surface area contributed by atoms with Gasteiger partial charge in [-0.1, -0.05) is 54.2 Å². The maximum Gasteiger partial charge on any atom is 0.188 e. The topological polar surface area (TPSA) is 29.5 Å². The van der Waals surface area contributed by atoms with E-state index in [1.807, 2.05) is 42.5 Å². The van der Waals surface area contributed by atoms with E-state index in [0.717, 1.165) is 23.0 Å². The van der Waals surface area contributed by atoms with Crippen molar-refractivity contribution in [2.75, 3.05) is 12.0 Å². The number of nitrogens with zero attached hydrogens (tertiary/aromatic N) is 1. The minimum absolute atomic E-state index is 0.00831. The molecule has 0 spiro atoms. The third-order valence-electron chi connectivity index (χ3n) is 4.45. The monoisotopic (exact) mass is 373 g/mol. The molecule has 3 nitrogen and oxygen atoms in total. The van der Waals surface area contributed by atoms with Gasteiger partial charge in [-0.05, 0) is 42.0 Å². The van der Waals surface area contributed by atoms with Gasteiger partial charge in [0.2, 0.25) is 0 Å². The molecule has 3 aromatic carbocycles. The van der Waals surface area contributed by atoms with Crippen LogP contribution in [0.15, 0.2) is 94.9 Å². The summed E-state index contributed by atoms with van der Waals surface area (Å²) >= 11 is 1.64. The maximum atomic E-state index is 12.8. The first kappa shape index (κ1) is 17.4. The number of anilines is 1. The van der Waals surface area contributed by atoms with E-state index in [1.165, 1.54) is 10.5 Å². The number of thioether (sulfide) groups is 1. The second kappa shape index (κ2) is 7.72. The molecule has 0 bridgehead atoms. The number of para-hydroxylation sites is 1. The molecule has 0 fully saturated rings. The van der Waals surface area contributed by atoms with E-state index in [1.54, 1.807) is 37.1 Å². The Bertz CT molecular complexity index is 981. The fourth-order valence-electron chi connectivity index (χ4n) is 3.04. The average molecular weight is 373 g/mol. The number of rotatable bonds is 5. The predicted molar refractivity (Wildman–Crippen MR) is 110 cm³/mol. The first-order valence-corrected chi connectivity index (χ1v) is 9.54. The minimum atomic E-state index is -0.00831. The zero-order chi connectivity index (χ0) is 18.6. The van der Waals surface area contributed by atoms with Gasteiger partial charge in [0.05, 0.1) is 17.8 Å². The van der Waals surface area contributed by atoms with Gasteiger partial charge in [-0.15, -0.1) is 0 Å². The van der Waals surface area contributed by atoms with Crippen LogP contribution in [0.3, 0.4) is 0 Å². The van der Waals surface area contributed by atoms with Crippen LogP contribution in [0.5, 0.6) is 5.75 Å². The van der Waals surface area contributed by atoms with Gasteiger partial charge in [0.1, 0.15) is 5.75 Å². The highest BCUT2D eigenvalue weighted by Crippen LogP contribution is 2.46. The van der Waals surface area contributed by atoms with Crippen molar-refractivity contribution in [2.24, 2.45) is 0 Å². The van der Waals surface area contributed by atoms with Crippen LogP contribution in [0.25, 0.3) is 0 Å². The molecule has 0 saturated heterocycles. The molecule has 1 heterocycles. The molecule has 0 amide bonds. The van der Waals surface area contributed by atoms with Crippen LogP contribution in [0, 0.1) is 0 Å². The van der Waals surface area contributed by atoms with Crippen LogP contribution >= 0.6 is 11.8 Å². The Morgan fingerprint density at radius 1 is 0.963 bits per heavy atom. The lowest BCUT2D eigenvalue weighted by molar-refractivity contribution is 0.104. The van der Waals surface area contributed by atoms with Crippen molar-refractivity contribution in [1.29, 1.82) is 0 Å². The number of fused-ring (bicyclic) bond motifs is 1. The Hall–Kier alpha value is -2.98. The minimum Gasteiger partial charge on any atom is -0.497 e. The van der Waals surface area contributed by atoms with Crippen molar-refractivity contribution >= 4 is 23.2 Å². The average Bonchev–Trinajstić information content (AvgIpc) is 3.06. The summed E-state index contributed by atoms with van der Waals surface area (Å²) in [6, 6.07) is 25.8. The summed E-state index contributed by atoms with van der Waals surface area (Å²) in [5.74, 6) is 0.735. The molecule has 1 aliphatic rings. The predicted octanol–water partition coefficient (Wildman–Crippen LogP) is 5.53. The van der Waals surface area contributed by atoms with E-state index < -0.39 is 0 Å². The summed E-state index contributed by atoms with van der Waals surface area (Å²) < 4.78 is 5.17. The summed E-state index contributed by atoms with van der Waals surface area (Å²) in [7, 11) is 1.62. The Balaban J connectivity index is 1.65. The molecular weight excluding hydrogens is 354 g/mol. The molecule has 27 heavy (non-hydrogen) atoms. The van der Waals surface area contributed by atoms with Crippen molar-refractivity contribution < 1.29 is 9.53 Å². The van der Waals surface area contributed by atoms with Gasteiger partial charge in [0.25, 0.3) is 0 Å². The highest BCUT2D eigenvalue weighted by Gasteiger charge is 2.25. The van der Waals surface area contributed by atoms with Crippen molar-refractivity contribution in [2.45, 2.75) is 11.4 Å². The van der Waals surface area contributed by atoms with E-state index in [-0.39, 0.29) is 5.78 Å². The molecule has 0 aromatic heterocycles. The van der Waals surface area contributed by atoms with Crippen molar-refractivity contribution in [1.82, 2.24) is 0 Å². The van der Waals surface area contributed by atoms with Gasteiger partial charge in [0, 0.05) is 23.1 Å². The molecule has 1 aliphatic heterocycles. The van der Waals surface area contributed by atoms with Gasteiger partial charge in [-0.2, -0.15) is 0 Å². The van der Waals surface area contributed by atoms with Crippen LogP contribution in [-0.4, -0.2) is 12.9 Å². The zero-order valence-corrected chi connectivity index (χ0v) is 15.8. The SMILES string of the molecule is COc1ccc(C(=O)/C=C2/Sc3ccccc3N2Cc2ccccc2)cc1. The van der Waals surface area contributed by atoms with Crippen molar-refractivity contribution in [3.63, 3.8) is 0 Å². The van der Waals surface area contributed by atoms with Gasteiger partial charge < -0.3 is 9.64 Å². The number of hydrogen-bond donors (Lipinski definition) is 0. The smallest absolute Gasteiger partial charge is 0.188 e. The fraction of sp³-hybridized carbons (Fsp3) is 0.0870. The standard InChI is InChI=1S/C23H19NO2S/c1-26-19-13-11-18(12-14-19)21(25)15-23-24(16-17-7-3-2-4-8-17)20-9-5-6-10-22(20)27-23/h2-15H,16H2,1H3/b23-15+. The Labute approximate surface area is 163 Å². The number of allylic oxidation sites excluding steroid dienone is 1. The largest absolute Gasteiger partial charge is 0.497 e. The molecular formula is C23H19NO2S. The van der Waals surface area contributed by atoms with Crippen LogP contribution in [0.1, 0.15) is 15.9 Å². The number of ketones is 1. The Kier molecular flexibility index (Phi) is 4.99. The first-order valence-electron chi connectivity index (χ1n) is 8.73. The van der Waals surface area contributed by atoms with Crippen LogP contribution < -0.4 is 9.64 Å². The number of benzene rings is 3. The molecule has 134 valence electrons. The number of hydrogen-bond acceptors (Lipinski definition) is 4. The molecule has 0 saturated carbocycles. The highest BCUT2D eigenvalue weighted by molar-refractivity contribution is 8.03. The number of carbonyl (C=O) groups is 1. The lowest BCUT2D eigenvalue weighted by atomic mass is 10.1. The van der Waals surface area contributed by atoms with Gasteiger partial charge in [0.15, 0.2) is 5.78 Å². The number of carbonyl (C=O) groups excluding carboxylic acids is 1. The molecule has 3 aromatic rings. The van der Waals surface area contributed by atoms with Crippen LogP contribution in [0.2, 0.25) is 0 Å². The molecule has 4 rings (SSSR count). The normalized spacial score (nSPS) is 14.3. The van der Waals surface area contributed by atoms with Gasteiger partial charge in [-0.3, -0.25) is 4.79 Å². The van der Waals surface area contributed by atoms with E-state index in [4.69, 9.17) is 4.74 Å². The van der Waals surface area contributed by atoms with Crippen molar-refractivity contribution in [3.05, 3.63) is 101 Å². The summed E-state index contributed by atoms with van der Waals surface area (Å²) in [5, 5.41) is 0.945. The molecule has 0 atom stereocenters. The zero-order valence-electron chi connectivity index (χ0n) is 15.0. The van der Waals surface area contributed by atoms with E-state index in [0.29, 0.717) is 5.56 Å².